The molecule has 26 heavy (non-hydrogen) atoms. The number of carbonyl (C=O) groups is 1. The van der Waals surface area contributed by atoms with Gasteiger partial charge in [0.15, 0.2) is 5.78 Å². The van der Waals surface area contributed by atoms with Crippen molar-refractivity contribution in [3.63, 3.8) is 0 Å². The van der Waals surface area contributed by atoms with Crippen molar-refractivity contribution in [2.24, 2.45) is 0 Å². The van der Waals surface area contributed by atoms with Crippen molar-refractivity contribution in [3.05, 3.63) is 83.4 Å². The Kier molecular flexibility index (Phi) is 6.36. The van der Waals surface area contributed by atoms with E-state index >= 15 is 0 Å². The first-order valence-electron chi connectivity index (χ1n) is 8.01. The SMILES string of the molecule is CN(C)C=CC(=O)c1cccc(N(C)S(=O)(=O)C=Cc2ccccc2)c1. The highest BCUT2D eigenvalue weighted by atomic mass is 32.2. The first-order chi connectivity index (χ1) is 12.3. The Morgan fingerprint density at radius 1 is 0.962 bits per heavy atom. The number of anilines is 1. The zero-order valence-corrected chi connectivity index (χ0v) is 15.8. The van der Waals surface area contributed by atoms with E-state index < -0.39 is 10.0 Å². The summed E-state index contributed by atoms with van der Waals surface area (Å²) in [7, 11) is 1.44. The fraction of sp³-hybridized carbons (Fsp3) is 0.150. The average Bonchev–Trinajstić information content (AvgIpc) is 2.64. The maximum absolute atomic E-state index is 12.5. The van der Waals surface area contributed by atoms with Gasteiger partial charge in [0.05, 0.1) is 11.1 Å². The predicted octanol–water partition coefficient (Wildman–Crippen LogP) is 3.38. The summed E-state index contributed by atoms with van der Waals surface area (Å²) in [6, 6.07) is 15.7. The second kappa shape index (κ2) is 8.49. The van der Waals surface area contributed by atoms with Crippen LogP contribution in [0.3, 0.4) is 0 Å². The molecular formula is C20H22N2O3S. The maximum Gasteiger partial charge on any atom is 0.257 e. The zero-order valence-electron chi connectivity index (χ0n) is 15.0. The summed E-state index contributed by atoms with van der Waals surface area (Å²) in [5, 5.41) is 1.16. The molecule has 0 N–H and O–H groups in total. The van der Waals surface area contributed by atoms with Gasteiger partial charge in [0.2, 0.25) is 0 Å². The van der Waals surface area contributed by atoms with Crippen molar-refractivity contribution in [1.29, 1.82) is 0 Å². The lowest BCUT2D eigenvalue weighted by atomic mass is 10.1. The third-order valence-corrected chi connectivity index (χ3v) is 5.09. The first-order valence-corrected chi connectivity index (χ1v) is 9.51. The van der Waals surface area contributed by atoms with Gasteiger partial charge in [0, 0.05) is 39.0 Å². The van der Waals surface area contributed by atoms with Crippen molar-refractivity contribution >= 4 is 27.6 Å². The van der Waals surface area contributed by atoms with Crippen LogP contribution in [0.25, 0.3) is 6.08 Å². The minimum atomic E-state index is -3.66. The molecule has 0 heterocycles. The highest BCUT2D eigenvalue weighted by Crippen LogP contribution is 2.20. The van der Waals surface area contributed by atoms with E-state index in [0.717, 1.165) is 15.3 Å². The van der Waals surface area contributed by atoms with Crippen LogP contribution in [0.5, 0.6) is 0 Å². The summed E-state index contributed by atoms with van der Waals surface area (Å²) in [5.74, 6) is -0.189. The Hall–Kier alpha value is -2.86. The number of carbonyl (C=O) groups excluding carboxylic acids is 1. The van der Waals surface area contributed by atoms with Crippen molar-refractivity contribution in [3.8, 4) is 0 Å². The Morgan fingerprint density at radius 2 is 1.65 bits per heavy atom. The van der Waals surface area contributed by atoms with E-state index in [0.29, 0.717) is 11.3 Å². The number of sulfonamides is 1. The Bertz CT molecular complexity index is 917. The van der Waals surface area contributed by atoms with Gasteiger partial charge in [-0.2, -0.15) is 0 Å². The number of ketones is 1. The molecule has 0 spiro atoms. The Morgan fingerprint density at radius 3 is 2.31 bits per heavy atom. The molecule has 0 aliphatic heterocycles. The molecule has 0 aliphatic rings. The summed E-state index contributed by atoms with van der Waals surface area (Å²) in [6.45, 7) is 0. The van der Waals surface area contributed by atoms with Crippen molar-refractivity contribution in [2.75, 3.05) is 25.4 Å². The molecule has 2 aromatic carbocycles. The molecule has 6 heteroatoms. The third-order valence-electron chi connectivity index (χ3n) is 3.63. The molecule has 2 rings (SSSR count). The fourth-order valence-electron chi connectivity index (χ4n) is 2.13. The van der Waals surface area contributed by atoms with E-state index in [1.54, 1.807) is 41.4 Å². The van der Waals surface area contributed by atoms with E-state index in [1.807, 2.05) is 44.4 Å². The minimum absolute atomic E-state index is 0.189. The molecule has 136 valence electrons. The Labute approximate surface area is 154 Å². The van der Waals surface area contributed by atoms with Gasteiger partial charge in [0.1, 0.15) is 0 Å². The van der Waals surface area contributed by atoms with Crippen molar-refractivity contribution in [2.45, 2.75) is 0 Å². The van der Waals surface area contributed by atoms with Crippen LogP contribution < -0.4 is 4.31 Å². The van der Waals surface area contributed by atoms with Gasteiger partial charge in [-0.3, -0.25) is 9.10 Å². The molecule has 0 aromatic heterocycles. The smallest absolute Gasteiger partial charge is 0.257 e. The van der Waals surface area contributed by atoms with Crippen LogP contribution in [0.4, 0.5) is 5.69 Å². The average molecular weight is 370 g/mol. The lowest BCUT2D eigenvalue weighted by Gasteiger charge is -2.17. The van der Waals surface area contributed by atoms with E-state index in [1.165, 1.54) is 13.1 Å². The number of hydrogen-bond donors (Lipinski definition) is 0. The van der Waals surface area contributed by atoms with Gasteiger partial charge in [0.25, 0.3) is 10.0 Å². The van der Waals surface area contributed by atoms with Crippen molar-refractivity contribution in [1.82, 2.24) is 4.90 Å². The van der Waals surface area contributed by atoms with Gasteiger partial charge in [-0.25, -0.2) is 8.42 Å². The summed E-state index contributed by atoms with van der Waals surface area (Å²) in [4.78, 5) is 13.9. The highest BCUT2D eigenvalue weighted by Gasteiger charge is 2.16. The molecule has 0 amide bonds. The molecule has 0 fully saturated rings. The number of benzene rings is 2. The van der Waals surface area contributed by atoms with Crippen molar-refractivity contribution < 1.29 is 13.2 Å². The topological polar surface area (TPSA) is 57.7 Å². The molecule has 0 aliphatic carbocycles. The van der Waals surface area contributed by atoms with E-state index in [-0.39, 0.29) is 5.78 Å². The quantitative estimate of drug-likeness (QED) is 0.554. The lowest BCUT2D eigenvalue weighted by molar-refractivity contribution is 0.104. The summed E-state index contributed by atoms with van der Waals surface area (Å²) < 4.78 is 26.2. The largest absolute Gasteiger partial charge is 0.383 e. The summed E-state index contributed by atoms with van der Waals surface area (Å²) >= 11 is 0. The second-order valence-corrected chi connectivity index (χ2v) is 7.77. The number of hydrogen-bond acceptors (Lipinski definition) is 4. The van der Waals surface area contributed by atoms with Crippen LogP contribution in [-0.2, 0) is 10.0 Å². The molecule has 0 atom stereocenters. The molecular weight excluding hydrogens is 348 g/mol. The van der Waals surface area contributed by atoms with Gasteiger partial charge >= 0.3 is 0 Å². The van der Waals surface area contributed by atoms with E-state index in [4.69, 9.17) is 0 Å². The number of allylic oxidation sites excluding steroid dienone is 1. The van der Waals surface area contributed by atoms with Gasteiger partial charge in [-0.15, -0.1) is 0 Å². The molecule has 2 aromatic rings. The molecule has 0 saturated heterocycles. The van der Waals surface area contributed by atoms with E-state index in [2.05, 4.69) is 0 Å². The molecule has 0 radical (unpaired) electrons. The van der Waals surface area contributed by atoms with Crippen LogP contribution in [0.1, 0.15) is 15.9 Å². The van der Waals surface area contributed by atoms with Crippen LogP contribution >= 0.6 is 0 Å². The molecule has 0 bridgehead atoms. The number of rotatable bonds is 7. The monoisotopic (exact) mass is 370 g/mol. The molecule has 0 saturated carbocycles. The Balaban J connectivity index is 2.23. The van der Waals surface area contributed by atoms with Gasteiger partial charge < -0.3 is 4.90 Å². The minimum Gasteiger partial charge on any atom is -0.383 e. The van der Waals surface area contributed by atoms with Crippen LogP contribution in [0.15, 0.2) is 72.3 Å². The zero-order chi connectivity index (χ0) is 19.2. The normalized spacial score (nSPS) is 11.8. The van der Waals surface area contributed by atoms with Gasteiger partial charge in [-0.1, -0.05) is 42.5 Å². The maximum atomic E-state index is 12.5. The van der Waals surface area contributed by atoms with Crippen LogP contribution in [0.2, 0.25) is 0 Å². The third kappa shape index (κ3) is 5.32. The molecule has 5 nitrogen and oxygen atoms in total. The highest BCUT2D eigenvalue weighted by molar-refractivity contribution is 7.95. The fourth-order valence-corrected chi connectivity index (χ4v) is 3.05. The van der Waals surface area contributed by atoms with Crippen LogP contribution in [0, 0.1) is 0 Å². The number of nitrogens with zero attached hydrogens (tertiary/aromatic N) is 2. The molecule has 0 unspecified atom stereocenters. The van der Waals surface area contributed by atoms with Gasteiger partial charge in [-0.05, 0) is 23.8 Å². The lowest BCUT2D eigenvalue weighted by Crippen LogP contribution is -2.24. The second-order valence-electron chi connectivity index (χ2n) is 5.92. The van der Waals surface area contributed by atoms with E-state index in [9.17, 15) is 13.2 Å². The predicted molar refractivity (Wildman–Crippen MR) is 106 cm³/mol. The summed E-state index contributed by atoms with van der Waals surface area (Å²) in [5.41, 5.74) is 1.64. The van der Waals surface area contributed by atoms with Crippen LogP contribution in [-0.4, -0.2) is 40.2 Å². The first kappa shape index (κ1) is 19.5. The standard InChI is InChI=1S/C20H22N2O3S/c1-21(2)14-12-20(23)18-10-7-11-19(16-18)22(3)26(24,25)15-13-17-8-5-4-6-9-17/h4-16H,1-3H3. The summed E-state index contributed by atoms with van der Waals surface area (Å²) in [6.07, 6.45) is 4.64.